The lowest BCUT2D eigenvalue weighted by Crippen LogP contribution is -1.91. The summed E-state index contributed by atoms with van der Waals surface area (Å²) < 4.78 is 0. The van der Waals surface area contributed by atoms with Crippen LogP contribution in [0.15, 0.2) is 72.8 Å². The Balaban J connectivity index is 0.000000188. The molecule has 0 fully saturated rings. The Bertz CT molecular complexity index is 654. The average molecular weight is 292 g/mol. The van der Waals surface area contributed by atoms with Gasteiger partial charge in [0.2, 0.25) is 0 Å². The van der Waals surface area contributed by atoms with E-state index in [1.165, 1.54) is 0 Å². The molecule has 0 aliphatic rings. The van der Waals surface area contributed by atoms with Gasteiger partial charge in [0.05, 0.1) is 11.4 Å². The van der Waals surface area contributed by atoms with E-state index in [0.29, 0.717) is 11.4 Å². The van der Waals surface area contributed by atoms with Gasteiger partial charge in [0.25, 0.3) is 0 Å². The number of nitrogens with two attached hydrogens (primary N) is 4. The summed E-state index contributed by atoms with van der Waals surface area (Å²) in [6.45, 7) is 0. The molecule has 3 aromatic rings. The molecule has 0 unspecified atom stereocenters. The van der Waals surface area contributed by atoms with Gasteiger partial charge < -0.3 is 22.9 Å². The van der Waals surface area contributed by atoms with Crippen LogP contribution in [-0.4, -0.2) is 0 Å². The minimum absolute atomic E-state index is 0.646. The minimum Gasteiger partial charge on any atom is -0.399 e. The number of anilines is 4. The molecule has 0 aliphatic heterocycles. The van der Waals surface area contributed by atoms with Crippen LogP contribution in [0.4, 0.5) is 22.7 Å². The van der Waals surface area contributed by atoms with Crippen molar-refractivity contribution in [3.63, 3.8) is 0 Å². The molecule has 112 valence electrons. The van der Waals surface area contributed by atoms with Gasteiger partial charge >= 0.3 is 0 Å². The molecular weight excluding hydrogens is 272 g/mol. The molecular formula is C18H20N4. The summed E-state index contributed by atoms with van der Waals surface area (Å²) in [5.41, 5.74) is 27.2. The predicted octanol–water partition coefficient (Wildman–Crippen LogP) is 3.37. The lowest BCUT2D eigenvalue weighted by Gasteiger charge is -2.02. The summed E-state index contributed by atoms with van der Waals surface area (Å²) >= 11 is 0. The molecule has 3 rings (SSSR count). The van der Waals surface area contributed by atoms with Crippen LogP contribution < -0.4 is 22.9 Å². The zero-order valence-corrected chi connectivity index (χ0v) is 12.2. The van der Waals surface area contributed by atoms with Crippen LogP contribution in [0.1, 0.15) is 0 Å². The van der Waals surface area contributed by atoms with Crippen molar-refractivity contribution in [2.45, 2.75) is 0 Å². The zero-order valence-electron chi connectivity index (χ0n) is 12.2. The second-order valence-electron chi connectivity index (χ2n) is 4.87. The fourth-order valence-corrected chi connectivity index (χ4v) is 1.86. The van der Waals surface area contributed by atoms with E-state index in [1.807, 2.05) is 60.7 Å². The highest BCUT2D eigenvalue weighted by Crippen LogP contribution is 2.21. The topological polar surface area (TPSA) is 104 Å². The summed E-state index contributed by atoms with van der Waals surface area (Å²) in [5.74, 6) is 0. The van der Waals surface area contributed by atoms with Crippen molar-refractivity contribution < 1.29 is 0 Å². The summed E-state index contributed by atoms with van der Waals surface area (Å²) in [6, 6.07) is 22.8. The van der Waals surface area contributed by atoms with Gasteiger partial charge in [-0.05, 0) is 47.5 Å². The standard InChI is InChI=1S/C12H12N2.C6H8N2/c13-11-5-1-9(2-6-11)10-3-7-12(14)8-4-10;7-5-3-1-2-4-6(5)8/h1-8H,13-14H2;1-4H,7-8H2. The average Bonchev–Trinajstić information content (AvgIpc) is 2.53. The second kappa shape index (κ2) is 7.04. The lowest BCUT2D eigenvalue weighted by atomic mass is 10.1. The third-order valence-electron chi connectivity index (χ3n) is 3.15. The van der Waals surface area contributed by atoms with E-state index in [0.717, 1.165) is 22.5 Å². The highest BCUT2D eigenvalue weighted by molar-refractivity contribution is 5.67. The molecule has 0 atom stereocenters. The van der Waals surface area contributed by atoms with E-state index < -0.39 is 0 Å². The molecule has 0 heterocycles. The first kappa shape index (κ1) is 15.3. The van der Waals surface area contributed by atoms with Gasteiger partial charge in [-0.15, -0.1) is 0 Å². The Morgan fingerprint density at radius 3 is 1.00 bits per heavy atom. The number of hydrogen-bond donors (Lipinski definition) is 4. The fraction of sp³-hybridized carbons (Fsp3) is 0. The molecule has 4 heteroatoms. The van der Waals surface area contributed by atoms with Crippen molar-refractivity contribution >= 4 is 22.7 Å². The molecule has 0 saturated heterocycles. The zero-order chi connectivity index (χ0) is 15.9. The fourth-order valence-electron chi connectivity index (χ4n) is 1.86. The van der Waals surface area contributed by atoms with Crippen molar-refractivity contribution in [1.82, 2.24) is 0 Å². The smallest absolute Gasteiger partial charge is 0.0547 e. The summed E-state index contributed by atoms with van der Waals surface area (Å²) in [4.78, 5) is 0. The third kappa shape index (κ3) is 4.18. The first-order valence-electron chi connectivity index (χ1n) is 6.87. The van der Waals surface area contributed by atoms with Gasteiger partial charge in [-0.1, -0.05) is 36.4 Å². The van der Waals surface area contributed by atoms with Crippen molar-refractivity contribution in [3.8, 4) is 11.1 Å². The van der Waals surface area contributed by atoms with Crippen LogP contribution in [0.25, 0.3) is 11.1 Å². The number of benzene rings is 3. The molecule has 0 aromatic heterocycles. The first-order valence-corrected chi connectivity index (χ1v) is 6.87. The molecule has 0 radical (unpaired) electrons. The van der Waals surface area contributed by atoms with E-state index in [9.17, 15) is 0 Å². The summed E-state index contributed by atoms with van der Waals surface area (Å²) in [5, 5.41) is 0. The highest BCUT2D eigenvalue weighted by atomic mass is 14.7. The first-order chi connectivity index (χ1) is 10.6. The molecule has 3 aromatic carbocycles. The maximum absolute atomic E-state index is 5.61. The summed E-state index contributed by atoms with van der Waals surface area (Å²) in [6.07, 6.45) is 0. The molecule has 0 bridgehead atoms. The molecule has 8 N–H and O–H groups in total. The van der Waals surface area contributed by atoms with E-state index >= 15 is 0 Å². The van der Waals surface area contributed by atoms with Gasteiger partial charge in [-0.3, -0.25) is 0 Å². The normalized spacial score (nSPS) is 9.64. The van der Waals surface area contributed by atoms with E-state index in [-0.39, 0.29) is 0 Å². The van der Waals surface area contributed by atoms with Crippen molar-refractivity contribution in [3.05, 3.63) is 72.8 Å². The molecule has 0 spiro atoms. The van der Waals surface area contributed by atoms with E-state index in [4.69, 9.17) is 22.9 Å². The van der Waals surface area contributed by atoms with Crippen molar-refractivity contribution in [2.75, 3.05) is 22.9 Å². The van der Waals surface area contributed by atoms with Gasteiger partial charge in [-0.25, -0.2) is 0 Å². The highest BCUT2D eigenvalue weighted by Gasteiger charge is 1.95. The van der Waals surface area contributed by atoms with Gasteiger partial charge in [-0.2, -0.15) is 0 Å². The van der Waals surface area contributed by atoms with Crippen LogP contribution in [-0.2, 0) is 0 Å². The predicted molar refractivity (Wildman–Crippen MR) is 96.0 cm³/mol. The molecule has 0 saturated carbocycles. The maximum atomic E-state index is 5.61. The van der Waals surface area contributed by atoms with Crippen LogP contribution in [0.5, 0.6) is 0 Å². The number of para-hydroxylation sites is 2. The van der Waals surface area contributed by atoms with Gasteiger partial charge in [0.15, 0.2) is 0 Å². The van der Waals surface area contributed by atoms with E-state index in [2.05, 4.69) is 0 Å². The quantitative estimate of drug-likeness (QED) is 0.516. The second-order valence-corrected chi connectivity index (χ2v) is 4.87. The summed E-state index contributed by atoms with van der Waals surface area (Å²) in [7, 11) is 0. The van der Waals surface area contributed by atoms with Crippen LogP contribution in [0.2, 0.25) is 0 Å². The molecule has 0 amide bonds. The molecule has 22 heavy (non-hydrogen) atoms. The van der Waals surface area contributed by atoms with Crippen LogP contribution in [0.3, 0.4) is 0 Å². The Morgan fingerprint density at radius 2 is 0.727 bits per heavy atom. The number of hydrogen-bond acceptors (Lipinski definition) is 4. The van der Waals surface area contributed by atoms with Gasteiger partial charge in [0, 0.05) is 11.4 Å². The SMILES string of the molecule is Nc1ccc(-c2ccc(N)cc2)cc1.Nc1ccccc1N. The molecule has 0 aliphatic carbocycles. The Kier molecular flexibility index (Phi) is 4.88. The van der Waals surface area contributed by atoms with Crippen LogP contribution in [0, 0.1) is 0 Å². The monoisotopic (exact) mass is 292 g/mol. The largest absolute Gasteiger partial charge is 0.399 e. The Morgan fingerprint density at radius 1 is 0.409 bits per heavy atom. The van der Waals surface area contributed by atoms with Gasteiger partial charge in [0.1, 0.15) is 0 Å². The van der Waals surface area contributed by atoms with Crippen molar-refractivity contribution in [2.24, 2.45) is 0 Å². The maximum Gasteiger partial charge on any atom is 0.0547 e. The molecule has 4 nitrogen and oxygen atoms in total. The van der Waals surface area contributed by atoms with E-state index in [1.54, 1.807) is 12.1 Å². The lowest BCUT2D eigenvalue weighted by molar-refractivity contribution is 1.61. The Hall–Kier alpha value is -3.14. The minimum atomic E-state index is 0.646. The van der Waals surface area contributed by atoms with Crippen molar-refractivity contribution in [1.29, 1.82) is 0 Å². The number of nitrogen functional groups attached to an aromatic ring is 4. The number of rotatable bonds is 1. The Labute approximate surface area is 130 Å². The third-order valence-corrected chi connectivity index (χ3v) is 3.15. The van der Waals surface area contributed by atoms with Crippen LogP contribution >= 0.6 is 0 Å².